The molecule has 4 nitrogen and oxygen atoms in total. The molecule has 2 N–H and O–H groups in total. The van der Waals surface area contributed by atoms with Gasteiger partial charge < -0.3 is 15.4 Å². The number of anilines is 1. The van der Waals surface area contributed by atoms with Gasteiger partial charge in [0.2, 0.25) is 5.91 Å². The van der Waals surface area contributed by atoms with Crippen molar-refractivity contribution in [3.8, 4) is 0 Å². The lowest BCUT2D eigenvalue weighted by atomic mass is 10.2. The van der Waals surface area contributed by atoms with Gasteiger partial charge in [-0.1, -0.05) is 22.0 Å². The highest BCUT2D eigenvalue weighted by molar-refractivity contribution is 9.10. The Morgan fingerprint density at radius 3 is 2.95 bits per heavy atom. The Balaban J connectivity index is 0.00000200. The van der Waals surface area contributed by atoms with Crippen LogP contribution in [0.5, 0.6) is 0 Å². The van der Waals surface area contributed by atoms with E-state index in [2.05, 4.69) is 26.6 Å². The fourth-order valence-electron chi connectivity index (χ4n) is 2.03. The predicted octanol–water partition coefficient (Wildman–Crippen LogP) is 2.89. The third kappa shape index (κ3) is 5.40. The molecule has 2 rings (SSSR count). The number of halogens is 2. The molecule has 1 saturated heterocycles. The summed E-state index contributed by atoms with van der Waals surface area (Å²) in [6.45, 7) is 3.91. The smallest absolute Gasteiger partial charge is 0.238 e. The molecular weight excluding hydrogens is 344 g/mol. The molecular formula is C14H20BrClN2O2. The number of ether oxygens (including phenoxy) is 1. The zero-order chi connectivity index (χ0) is 13.7. The molecule has 0 saturated carbocycles. The predicted molar refractivity (Wildman–Crippen MR) is 86.6 cm³/mol. The molecule has 1 atom stereocenters. The molecule has 1 aliphatic rings. The number of hydrogen-bond acceptors (Lipinski definition) is 3. The normalized spacial score (nSPS) is 17.6. The maximum absolute atomic E-state index is 11.8. The van der Waals surface area contributed by atoms with Crippen LogP contribution in [0, 0.1) is 6.92 Å². The van der Waals surface area contributed by atoms with E-state index in [1.807, 2.05) is 25.1 Å². The lowest BCUT2D eigenvalue weighted by Gasteiger charge is -2.11. The fraction of sp³-hybridized carbons (Fsp3) is 0.500. The monoisotopic (exact) mass is 362 g/mol. The molecule has 1 unspecified atom stereocenters. The van der Waals surface area contributed by atoms with Crippen LogP contribution in [0.1, 0.15) is 18.4 Å². The molecule has 1 amide bonds. The second kappa shape index (κ2) is 8.62. The van der Waals surface area contributed by atoms with Crippen LogP contribution in [0.25, 0.3) is 0 Å². The van der Waals surface area contributed by atoms with Crippen LogP contribution in [0.2, 0.25) is 0 Å². The number of aryl methyl sites for hydroxylation is 1. The molecule has 0 aliphatic carbocycles. The topological polar surface area (TPSA) is 50.4 Å². The average molecular weight is 364 g/mol. The van der Waals surface area contributed by atoms with Crippen LogP contribution in [0.15, 0.2) is 22.7 Å². The van der Waals surface area contributed by atoms with E-state index in [1.165, 1.54) is 0 Å². The van der Waals surface area contributed by atoms with Gasteiger partial charge in [0.15, 0.2) is 0 Å². The van der Waals surface area contributed by atoms with Crippen molar-refractivity contribution in [1.82, 2.24) is 5.32 Å². The standard InChI is InChI=1S/C14H19BrN2O2.ClH/c1-10-4-5-11(7-13(10)15)17-14(18)9-16-8-12-3-2-6-19-12;/h4-5,7,12,16H,2-3,6,8-9H2,1H3,(H,17,18);1H. The Labute approximate surface area is 134 Å². The van der Waals surface area contributed by atoms with Gasteiger partial charge in [-0.3, -0.25) is 4.79 Å². The molecule has 6 heteroatoms. The summed E-state index contributed by atoms with van der Waals surface area (Å²) in [5.74, 6) is -0.0336. The molecule has 1 aliphatic heterocycles. The fourth-order valence-corrected chi connectivity index (χ4v) is 2.41. The van der Waals surface area contributed by atoms with Crippen LogP contribution >= 0.6 is 28.3 Å². The number of nitrogens with one attached hydrogen (secondary N) is 2. The van der Waals surface area contributed by atoms with Gasteiger partial charge >= 0.3 is 0 Å². The molecule has 1 aromatic rings. The second-order valence-electron chi connectivity index (χ2n) is 4.78. The van der Waals surface area contributed by atoms with Gasteiger partial charge in [-0.15, -0.1) is 12.4 Å². The molecule has 0 spiro atoms. The van der Waals surface area contributed by atoms with Gasteiger partial charge in [0.1, 0.15) is 0 Å². The summed E-state index contributed by atoms with van der Waals surface area (Å²) in [5.41, 5.74) is 1.95. The van der Waals surface area contributed by atoms with Crippen molar-refractivity contribution >= 4 is 39.9 Å². The lowest BCUT2D eigenvalue weighted by molar-refractivity contribution is -0.115. The van der Waals surface area contributed by atoms with Gasteiger partial charge in [0.05, 0.1) is 12.6 Å². The highest BCUT2D eigenvalue weighted by Crippen LogP contribution is 2.20. The molecule has 0 radical (unpaired) electrons. The van der Waals surface area contributed by atoms with Crippen LogP contribution in [0.4, 0.5) is 5.69 Å². The minimum atomic E-state index is -0.0336. The number of rotatable bonds is 5. The lowest BCUT2D eigenvalue weighted by Crippen LogP contribution is -2.33. The van der Waals surface area contributed by atoms with Gasteiger partial charge in [-0.2, -0.15) is 0 Å². The van der Waals surface area contributed by atoms with Crippen molar-refractivity contribution in [3.63, 3.8) is 0 Å². The first-order valence-corrected chi connectivity index (χ1v) is 7.33. The van der Waals surface area contributed by atoms with Crippen LogP contribution < -0.4 is 10.6 Å². The maximum Gasteiger partial charge on any atom is 0.238 e. The molecule has 1 heterocycles. The summed E-state index contributed by atoms with van der Waals surface area (Å²) < 4.78 is 6.48. The first-order chi connectivity index (χ1) is 9.15. The van der Waals surface area contributed by atoms with Gasteiger partial charge in [0.25, 0.3) is 0 Å². The summed E-state index contributed by atoms with van der Waals surface area (Å²) in [7, 11) is 0. The minimum absolute atomic E-state index is 0. The van der Waals surface area contributed by atoms with Crippen LogP contribution in [-0.4, -0.2) is 31.7 Å². The Bertz CT molecular complexity index is 451. The SMILES string of the molecule is Cc1ccc(NC(=O)CNCC2CCCO2)cc1Br.Cl. The van der Waals surface area contributed by atoms with Crippen molar-refractivity contribution < 1.29 is 9.53 Å². The van der Waals surface area contributed by atoms with Crippen LogP contribution in [0.3, 0.4) is 0 Å². The third-order valence-electron chi connectivity index (χ3n) is 3.14. The zero-order valence-electron chi connectivity index (χ0n) is 11.4. The maximum atomic E-state index is 11.8. The number of benzene rings is 1. The van der Waals surface area contributed by atoms with E-state index >= 15 is 0 Å². The van der Waals surface area contributed by atoms with Crippen molar-refractivity contribution in [2.24, 2.45) is 0 Å². The van der Waals surface area contributed by atoms with Crippen molar-refractivity contribution in [3.05, 3.63) is 28.2 Å². The Hall–Kier alpha value is -0.620. The Kier molecular flexibility index (Phi) is 7.51. The van der Waals surface area contributed by atoms with Gasteiger partial charge in [0, 0.05) is 23.3 Å². The summed E-state index contributed by atoms with van der Waals surface area (Å²) in [6.07, 6.45) is 2.47. The molecule has 20 heavy (non-hydrogen) atoms. The number of amides is 1. The zero-order valence-corrected chi connectivity index (χ0v) is 13.9. The van der Waals surface area contributed by atoms with Crippen molar-refractivity contribution in [2.45, 2.75) is 25.9 Å². The van der Waals surface area contributed by atoms with E-state index in [0.29, 0.717) is 6.54 Å². The minimum Gasteiger partial charge on any atom is -0.377 e. The van der Waals surface area contributed by atoms with Gasteiger partial charge in [-0.05, 0) is 37.5 Å². The Morgan fingerprint density at radius 2 is 2.30 bits per heavy atom. The Morgan fingerprint density at radius 1 is 1.50 bits per heavy atom. The molecule has 112 valence electrons. The number of carbonyl (C=O) groups excluding carboxylic acids is 1. The van der Waals surface area contributed by atoms with Gasteiger partial charge in [-0.25, -0.2) is 0 Å². The first-order valence-electron chi connectivity index (χ1n) is 6.53. The van der Waals surface area contributed by atoms with E-state index in [-0.39, 0.29) is 24.4 Å². The molecule has 1 aromatic carbocycles. The number of carbonyl (C=O) groups is 1. The highest BCUT2D eigenvalue weighted by atomic mass is 79.9. The first kappa shape index (κ1) is 17.4. The number of hydrogen-bond donors (Lipinski definition) is 2. The second-order valence-corrected chi connectivity index (χ2v) is 5.63. The molecule has 0 bridgehead atoms. The summed E-state index contributed by atoms with van der Waals surface area (Å²) in [4.78, 5) is 11.8. The molecule has 0 aromatic heterocycles. The van der Waals surface area contributed by atoms with E-state index in [1.54, 1.807) is 0 Å². The van der Waals surface area contributed by atoms with E-state index < -0.39 is 0 Å². The highest BCUT2D eigenvalue weighted by Gasteiger charge is 2.15. The average Bonchev–Trinajstić information content (AvgIpc) is 2.87. The third-order valence-corrected chi connectivity index (χ3v) is 3.99. The van der Waals surface area contributed by atoms with Crippen molar-refractivity contribution in [1.29, 1.82) is 0 Å². The largest absolute Gasteiger partial charge is 0.377 e. The summed E-state index contributed by atoms with van der Waals surface area (Å²) in [5, 5.41) is 5.99. The summed E-state index contributed by atoms with van der Waals surface area (Å²) in [6, 6.07) is 5.78. The summed E-state index contributed by atoms with van der Waals surface area (Å²) >= 11 is 3.45. The molecule has 1 fully saturated rings. The quantitative estimate of drug-likeness (QED) is 0.846. The van der Waals surface area contributed by atoms with Crippen molar-refractivity contribution in [2.75, 3.05) is 25.0 Å². The van der Waals surface area contributed by atoms with Crippen LogP contribution in [-0.2, 0) is 9.53 Å². The van der Waals surface area contributed by atoms with E-state index in [0.717, 1.165) is 41.7 Å². The van der Waals surface area contributed by atoms with E-state index in [9.17, 15) is 4.79 Å². The van der Waals surface area contributed by atoms with E-state index in [4.69, 9.17) is 4.74 Å².